The Morgan fingerprint density at radius 1 is 0.529 bits per heavy atom. The van der Waals surface area contributed by atoms with Crippen molar-refractivity contribution in [3.05, 3.63) is 185 Å². The summed E-state index contributed by atoms with van der Waals surface area (Å²) in [6.07, 6.45) is -1.02. The van der Waals surface area contributed by atoms with E-state index in [2.05, 4.69) is 0 Å². The number of carbonyl (C=O) groups excluding carboxylic acids is 1. The van der Waals surface area contributed by atoms with Crippen molar-refractivity contribution in [1.82, 2.24) is 0 Å². The number of nitrogens with zero attached hydrogens (tertiary/aromatic N) is 1. The summed E-state index contributed by atoms with van der Waals surface area (Å²) >= 11 is 0. The third-order valence-electron chi connectivity index (χ3n) is 8.47. The van der Waals surface area contributed by atoms with Gasteiger partial charge in [0.1, 0.15) is 31.3 Å². The molecule has 0 saturated carbocycles. The predicted octanol–water partition coefficient (Wildman–Crippen LogP) is 9.33. The summed E-state index contributed by atoms with van der Waals surface area (Å²) in [4.78, 5) is 19.7. The van der Waals surface area contributed by atoms with Crippen LogP contribution < -0.4 is 18.9 Å². The van der Waals surface area contributed by atoms with Gasteiger partial charge in [-0.2, -0.15) is 0 Å². The minimum atomic E-state index is -1.02. The number of carbonyl (C=O) groups is 1. The number of Topliss-reactive ketones (excluding diaryl/α,β-unsaturated/α-hetero) is 1. The van der Waals surface area contributed by atoms with Crippen molar-refractivity contribution in [3.8, 4) is 23.0 Å². The van der Waals surface area contributed by atoms with Crippen molar-refractivity contribution in [1.29, 1.82) is 0 Å². The highest BCUT2D eigenvalue weighted by Gasteiger charge is 2.37. The number of ketones is 1. The fourth-order valence-corrected chi connectivity index (χ4v) is 5.83. The number of ether oxygens (including phenoxy) is 5. The number of rotatable bonds is 14. The highest BCUT2D eigenvalue weighted by atomic mass is 16.5. The van der Waals surface area contributed by atoms with Gasteiger partial charge in [-0.1, -0.05) is 121 Å². The highest BCUT2D eigenvalue weighted by molar-refractivity contribution is 6.26. The normalized spacial score (nSPS) is 13.5. The van der Waals surface area contributed by atoms with E-state index in [9.17, 15) is 4.79 Å². The summed E-state index contributed by atoms with van der Waals surface area (Å²) in [5.41, 5.74) is 5.84. The maximum atomic E-state index is 14.6. The fourth-order valence-electron chi connectivity index (χ4n) is 5.83. The molecule has 6 aromatic carbocycles. The predicted molar refractivity (Wildman–Crippen MR) is 197 cm³/mol. The zero-order valence-electron chi connectivity index (χ0n) is 28.2. The molecule has 7 rings (SSSR count). The smallest absolute Gasteiger partial charge is 0.203 e. The lowest BCUT2D eigenvalue weighted by molar-refractivity contribution is 0.0564. The number of fused-ring (bicyclic) bond motifs is 1. The molecule has 254 valence electrons. The van der Waals surface area contributed by atoms with Crippen LogP contribution in [0.5, 0.6) is 23.0 Å². The molecule has 0 aromatic heterocycles. The minimum absolute atomic E-state index is 0.208. The molecule has 0 aliphatic carbocycles. The van der Waals surface area contributed by atoms with Crippen LogP contribution >= 0.6 is 0 Å². The molecule has 6 aromatic rings. The second-order valence-corrected chi connectivity index (χ2v) is 12.0. The number of aliphatic imine (C=N–C) groups is 1. The molecule has 1 aliphatic rings. The van der Waals surface area contributed by atoms with E-state index in [1.807, 2.05) is 140 Å². The molecule has 51 heavy (non-hydrogen) atoms. The maximum absolute atomic E-state index is 14.6. The topological polar surface area (TPSA) is 75.6 Å². The minimum Gasteiger partial charge on any atom is -0.493 e. The van der Waals surface area contributed by atoms with Crippen molar-refractivity contribution >= 4 is 17.2 Å². The van der Waals surface area contributed by atoms with Crippen LogP contribution in [-0.4, -0.2) is 24.7 Å². The molecule has 0 saturated heterocycles. The Kier molecular flexibility index (Phi) is 10.5. The quantitative estimate of drug-likeness (QED) is 0.115. The van der Waals surface area contributed by atoms with Gasteiger partial charge >= 0.3 is 0 Å². The molecule has 7 heteroatoms. The summed E-state index contributed by atoms with van der Waals surface area (Å²) in [6, 6.07) is 48.5. The Labute approximate surface area is 297 Å². The van der Waals surface area contributed by atoms with Crippen LogP contribution in [0.1, 0.15) is 38.2 Å². The molecule has 0 spiro atoms. The Hall–Kier alpha value is -6.18. The molecule has 1 aliphatic heterocycles. The average molecular weight is 676 g/mol. The van der Waals surface area contributed by atoms with Crippen LogP contribution in [0.3, 0.4) is 0 Å². The number of benzene rings is 6. The summed E-state index contributed by atoms with van der Waals surface area (Å²) < 4.78 is 30.9. The lowest BCUT2D eigenvalue weighted by Gasteiger charge is -2.27. The van der Waals surface area contributed by atoms with Crippen LogP contribution in [0.15, 0.2) is 157 Å². The zero-order chi connectivity index (χ0) is 34.8. The molecule has 1 atom stereocenters. The Bertz CT molecular complexity index is 2100. The average Bonchev–Trinajstić information content (AvgIpc) is 3.19. The van der Waals surface area contributed by atoms with Gasteiger partial charge in [-0.25, -0.2) is 4.99 Å². The second kappa shape index (κ2) is 16.0. The summed E-state index contributed by atoms with van der Waals surface area (Å²) in [5.74, 6) is 1.73. The van der Waals surface area contributed by atoms with E-state index < -0.39 is 6.10 Å². The van der Waals surface area contributed by atoms with E-state index in [0.717, 1.165) is 22.3 Å². The standard InChI is InChI=1S/C44H37NO6/c1-47-39-24-35(22-23-38(39)49-28-32-16-8-3-9-17-32)42-44(51-30-34-20-12-5-13-21-34)43(46)41-37(45-42)25-36(48-27-31-14-6-2-7-15-31)26-40(41)50-29-33-18-10-4-11-19-33/h2-26,44H,27-30H2,1H3. The molecule has 0 bridgehead atoms. The number of hydrogen-bond acceptors (Lipinski definition) is 7. The van der Waals surface area contributed by atoms with E-state index in [1.54, 1.807) is 19.2 Å². The van der Waals surface area contributed by atoms with Gasteiger partial charge in [0.05, 0.1) is 30.7 Å². The molecule has 1 unspecified atom stereocenters. The van der Waals surface area contributed by atoms with Crippen molar-refractivity contribution < 1.29 is 28.5 Å². The number of hydrogen-bond donors (Lipinski definition) is 0. The lowest BCUT2D eigenvalue weighted by atomic mass is 9.92. The summed E-state index contributed by atoms with van der Waals surface area (Å²) in [5, 5.41) is 0. The van der Waals surface area contributed by atoms with Crippen LogP contribution in [0, 0.1) is 0 Å². The first-order valence-electron chi connectivity index (χ1n) is 16.8. The first kappa shape index (κ1) is 33.3. The fraction of sp³-hybridized carbons (Fsp3) is 0.136. The third kappa shape index (κ3) is 8.18. The van der Waals surface area contributed by atoms with E-state index in [1.165, 1.54) is 0 Å². The Morgan fingerprint density at radius 2 is 1.04 bits per heavy atom. The van der Waals surface area contributed by atoms with E-state index in [0.29, 0.717) is 58.7 Å². The van der Waals surface area contributed by atoms with Crippen molar-refractivity contribution in [2.24, 2.45) is 4.99 Å². The molecule has 0 fully saturated rings. The van der Waals surface area contributed by atoms with Crippen LogP contribution in [0.2, 0.25) is 0 Å². The molecule has 1 heterocycles. The largest absolute Gasteiger partial charge is 0.493 e. The van der Waals surface area contributed by atoms with Gasteiger partial charge in [-0.3, -0.25) is 4.79 Å². The van der Waals surface area contributed by atoms with Crippen LogP contribution in [0.25, 0.3) is 0 Å². The van der Waals surface area contributed by atoms with Gasteiger partial charge in [0.2, 0.25) is 5.78 Å². The van der Waals surface area contributed by atoms with Gasteiger partial charge < -0.3 is 23.7 Å². The van der Waals surface area contributed by atoms with Gasteiger partial charge in [0.25, 0.3) is 0 Å². The molecule has 0 radical (unpaired) electrons. The van der Waals surface area contributed by atoms with Gasteiger partial charge in [0.15, 0.2) is 17.6 Å². The molecule has 0 amide bonds. The van der Waals surface area contributed by atoms with Crippen molar-refractivity contribution in [2.75, 3.05) is 7.11 Å². The van der Waals surface area contributed by atoms with E-state index in [4.69, 9.17) is 28.7 Å². The van der Waals surface area contributed by atoms with Gasteiger partial charge in [-0.15, -0.1) is 0 Å². The first-order valence-corrected chi connectivity index (χ1v) is 16.8. The number of methoxy groups -OCH3 is 1. The Morgan fingerprint density at radius 3 is 1.59 bits per heavy atom. The highest BCUT2D eigenvalue weighted by Crippen LogP contribution is 2.41. The van der Waals surface area contributed by atoms with Gasteiger partial charge in [0, 0.05) is 17.7 Å². The van der Waals surface area contributed by atoms with Gasteiger partial charge in [-0.05, 0) is 40.5 Å². The van der Waals surface area contributed by atoms with E-state index >= 15 is 0 Å². The first-order chi connectivity index (χ1) is 25.1. The van der Waals surface area contributed by atoms with Crippen LogP contribution in [-0.2, 0) is 31.2 Å². The molecule has 0 N–H and O–H groups in total. The zero-order valence-corrected chi connectivity index (χ0v) is 28.2. The molecular weight excluding hydrogens is 638 g/mol. The van der Waals surface area contributed by atoms with Crippen LogP contribution in [0.4, 0.5) is 5.69 Å². The summed E-state index contributed by atoms with van der Waals surface area (Å²) in [6.45, 7) is 1.19. The Balaban J connectivity index is 1.27. The lowest BCUT2D eigenvalue weighted by Crippen LogP contribution is -2.36. The maximum Gasteiger partial charge on any atom is 0.203 e. The second-order valence-electron chi connectivity index (χ2n) is 12.0. The van der Waals surface area contributed by atoms with Crippen molar-refractivity contribution in [2.45, 2.75) is 32.5 Å². The SMILES string of the molecule is COc1cc(C2=Nc3cc(OCc4ccccc4)cc(OCc4ccccc4)c3C(=O)C2OCc2ccccc2)ccc1OCc1ccccc1. The molecular formula is C44H37NO6. The monoisotopic (exact) mass is 675 g/mol. The summed E-state index contributed by atoms with van der Waals surface area (Å²) in [7, 11) is 1.59. The van der Waals surface area contributed by atoms with E-state index in [-0.39, 0.29) is 19.0 Å². The third-order valence-corrected chi connectivity index (χ3v) is 8.47. The van der Waals surface area contributed by atoms with Crippen molar-refractivity contribution in [3.63, 3.8) is 0 Å². The molecule has 7 nitrogen and oxygen atoms in total.